The normalized spacial score (nSPS) is 11.9. The molecule has 0 aromatic carbocycles. The maximum atomic E-state index is 5.04. The molecule has 0 unspecified atom stereocenters. The standard InChI is InChI=1S/C14H25NO/c1-4-5-6-8-14(2,3)12-15-10-13-7-9-16-11-13/h7,9,11,15H,4-6,8,10,12H2,1-3H3. The summed E-state index contributed by atoms with van der Waals surface area (Å²) in [6.45, 7) is 8.91. The Kier molecular flexibility index (Phi) is 5.61. The van der Waals surface area contributed by atoms with Gasteiger partial charge in [0.15, 0.2) is 0 Å². The molecular formula is C14H25NO. The van der Waals surface area contributed by atoms with Gasteiger partial charge in [0.2, 0.25) is 0 Å². The molecule has 0 amide bonds. The van der Waals surface area contributed by atoms with Gasteiger partial charge in [-0.05, 0) is 17.9 Å². The molecule has 0 fully saturated rings. The summed E-state index contributed by atoms with van der Waals surface area (Å²) in [7, 11) is 0. The van der Waals surface area contributed by atoms with Crippen molar-refractivity contribution < 1.29 is 4.42 Å². The summed E-state index contributed by atoms with van der Waals surface area (Å²) < 4.78 is 5.04. The predicted molar refractivity (Wildman–Crippen MR) is 68.3 cm³/mol. The van der Waals surface area contributed by atoms with Gasteiger partial charge < -0.3 is 9.73 Å². The lowest BCUT2D eigenvalue weighted by Gasteiger charge is -2.24. The fourth-order valence-corrected chi connectivity index (χ4v) is 1.88. The molecule has 1 aromatic rings. The van der Waals surface area contributed by atoms with Crippen LogP contribution >= 0.6 is 0 Å². The Morgan fingerprint density at radius 2 is 2.12 bits per heavy atom. The maximum Gasteiger partial charge on any atom is 0.0947 e. The highest BCUT2D eigenvalue weighted by Gasteiger charge is 2.16. The number of furan rings is 1. The number of nitrogens with one attached hydrogen (secondary N) is 1. The largest absolute Gasteiger partial charge is 0.472 e. The minimum atomic E-state index is 0.402. The van der Waals surface area contributed by atoms with Crippen molar-refractivity contribution >= 4 is 0 Å². The number of rotatable bonds is 8. The van der Waals surface area contributed by atoms with E-state index in [2.05, 4.69) is 26.1 Å². The Morgan fingerprint density at radius 1 is 1.31 bits per heavy atom. The molecule has 1 N–H and O–H groups in total. The first kappa shape index (κ1) is 13.3. The predicted octanol–water partition coefficient (Wildman–Crippen LogP) is 3.98. The van der Waals surface area contributed by atoms with E-state index >= 15 is 0 Å². The lowest BCUT2D eigenvalue weighted by molar-refractivity contribution is 0.301. The zero-order chi connectivity index (χ0) is 11.9. The first-order chi connectivity index (χ1) is 7.64. The van der Waals surface area contributed by atoms with E-state index in [1.807, 2.05) is 6.07 Å². The fourth-order valence-electron chi connectivity index (χ4n) is 1.88. The van der Waals surface area contributed by atoms with Crippen molar-refractivity contribution in [3.05, 3.63) is 24.2 Å². The maximum absolute atomic E-state index is 5.04. The van der Waals surface area contributed by atoms with Crippen molar-refractivity contribution in [3.63, 3.8) is 0 Å². The minimum Gasteiger partial charge on any atom is -0.472 e. The molecular weight excluding hydrogens is 198 g/mol. The number of hydrogen-bond donors (Lipinski definition) is 1. The second-order valence-electron chi connectivity index (χ2n) is 5.36. The molecule has 0 atom stereocenters. The number of unbranched alkanes of at least 4 members (excludes halogenated alkanes) is 2. The van der Waals surface area contributed by atoms with E-state index in [-0.39, 0.29) is 0 Å². The van der Waals surface area contributed by atoms with Gasteiger partial charge in [-0.3, -0.25) is 0 Å². The van der Waals surface area contributed by atoms with Crippen LogP contribution < -0.4 is 5.32 Å². The molecule has 2 nitrogen and oxygen atoms in total. The summed E-state index contributed by atoms with van der Waals surface area (Å²) in [6, 6.07) is 2.01. The van der Waals surface area contributed by atoms with E-state index in [0.29, 0.717) is 5.41 Å². The Balaban J connectivity index is 2.14. The molecule has 1 aromatic heterocycles. The highest BCUT2D eigenvalue weighted by atomic mass is 16.3. The van der Waals surface area contributed by atoms with E-state index < -0.39 is 0 Å². The molecule has 2 heteroatoms. The lowest BCUT2D eigenvalue weighted by atomic mass is 9.87. The van der Waals surface area contributed by atoms with Gasteiger partial charge >= 0.3 is 0 Å². The van der Waals surface area contributed by atoms with Gasteiger partial charge in [-0.1, -0.05) is 40.0 Å². The Bertz CT molecular complexity index is 264. The minimum absolute atomic E-state index is 0.402. The summed E-state index contributed by atoms with van der Waals surface area (Å²) in [4.78, 5) is 0. The fraction of sp³-hybridized carbons (Fsp3) is 0.714. The van der Waals surface area contributed by atoms with Gasteiger partial charge in [0, 0.05) is 18.7 Å². The molecule has 0 saturated heterocycles. The molecule has 0 aliphatic rings. The van der Waals surface area contributed by atoms with Crippen molar-refractivity contribution in [1.29, 1.82) is 0 Å². The third-order valence-electron chi connectivity index (χ3n) is 2.97. The van der Waals surface area contributed by atoms with E-state index in [9.17, 15) is 0 Å². The lowest BCUT2D eigenvalue weighted by Crippen LogP contribution is -2.28. The van der Waals surface area contributed by atoms with Crippen LogP contribution in [-0.4, -0.2) is 6.54 Å². The Labute approximate surface area is 99.4 Å². The van der Waals surface area contributed by atoms with E-state index in [0.717, 1.165) is 13.1 Å². The third kappa shape index (κ3) is 5.36. The van der Waals surface area contributed by atoms with Gasteiger partial charge in [0.1, 0.15) is 0 Å². The molecule has 0 saturated carbocycles. The van der Waals surface area contributed by atoms with Gasteiger partial charge in [-0.15, -0.1) is 0 Å². The van der Waals surface area contributed by atoms with Gasteiger partial charge in [0.25, 0.3) is 0 Å². The summed E-state index contributed by atoms with van der Waals surface area (Å²) in [5.74, 6) is 0. The van der Waals surface area contributed by atoms with Crippen LogP contribution in [0.5, 0.6) is 0 Å². The highest BCUT2D eigenvalue weighted by Crippen LogP contribution is 2.22. The Morgan fingerprint density at radius 3 is 2.75 bits per heavy atom. The van der Waals surface area contributed by atoms with Crippen molar-refractivity contribution in [2.24, 2.45) is 5.41 Å². The second kappa shape index (κ2) is 6.74. The molecule has 0 radical (unpaired) electrons. The van der Waals surface area contributed by atoms with Crippen molar-refractivity contribution in [2.75, 3.05) is 6.54 Å². The quantitative estimate of drug-likeness (QED) is 0.674. The SMILES string of the molecule is CCCCCC(C)(C)CNCc1ccoc1. The van der Waals surface area contributed by atoms with Crippen LogP contribution in [0.1, 0.15) is 52.0 Å². The smallest absolute Gasteiger partial charge is 0.0947 e. The monoisotopic (exact) mass is 223 g/mol. The topological polar surface area (TPSA) is 25.2 Å². The molecule has 1 rings (SSSR count). The van der Waals surface area contributed by atoms with Crippen molar-refractivity contribution in [3.8, 4) is 0 Å². The van der Waals surface area contributed by atoms with Crippen LogP contribution in [0, 0.1) is 5.41 Å². The van der Waals surface area contributed by atoms with E-state index in [4.69, 9.17) is 4.42 Å². The molecule has 0 spiro atoms. The highest BCUT2D eigenvalue weighted by molar-refractivity contribution is 5.04. The van der Waals surface area contributed by atoms with Crippen molar-refractivity contribution in [1.82, 2.24) is 5.32 Å². The number of hydrogen-bond acceptors (Lipinski definition) is 2. The summed E-state index contributed by atoms with van der Waals surface area (Å²) in [6.07, 6.45) is 8.83. The second-order valence-corrected chi connectivity index (χ2v) is 5.36. The summed E-state index contributed by atoms with van der Waals surface area (Å²) >= 11 is 0. The van der Waals surface area contributed by atoms with Crippen LogP contribution in [0.15, 0.2) is 23.0 Å². The van der Waals surface area contributed by atoms with Crippen LogP contribution in [-0.2, 0) is 6.54 Å². The third-order valence-corrected chi connectivity index (χ3v) is 2.97. The summed E-state index contributed by atoms with van der Waals surface area (Å²) in [5.41, 5.74) is 1.63. The van der Waals surface area contributed by atoms with Gasteiger partial charge in [-0.25, -0.2) is 0 Å². The van der Waals surface area contributed by atoms with Gasteiger partial charge in [-0.2, -0.15) is 0 Å². The molecule has 16 heavy (non-hydrogen) atoms. The average Bonchev–Trinajstić information content (AvgIpc) is 2.70. The first-order valence-corrected chi connectivity index (χ1v) is 6.36. The zero-order valence-electron chi connectivity index (χ0n) is 10.9. The average molecular weight is 223 g/mol. The van der Waals surface area contributed by atoms with Crippen LogP contribution in [0.3, 0.4) is 0 Å². The first-order valence-electron chi connectivity index (χ1n) is 6.36. The molecule has 1 heterocycles. The van der Waals surface area contributed by atoms with Gasteiger partial charge in [0.05, 0.1) is 12.5 Å². The molecule has 92 valence electrons. The van der Waals surface area contributed by atoms with Crippen LogP contribution in [0.4, 0.5) is 0 Å². The molecule has 0 aliphatic heterocycles. The summed E-state index contributed by atoms with van der Waals surface area (Å²) in [5, 5.41) is 3.49. The van der Waals surface area contributed by atoms with Crippen LogP contribution in [0.2, 0.25) is 0 Å². The molecule has 0 aliphatic carbocycles. The Hall–Kier alpha value is -0.760. The van der Waals surface area contributed by atoms with E-state index in [1.165, 1.54) is 31.2 Å². The van der Waals surface area contributed by atoms with Crippen LogP contribution in [0.25, 0.3) is 0 Å². The zero-order valence-corrected chi connectivity index (χ0v) is 10.9. The van der Waals surface area contributed by atoms with E-state index in [1.54, 1.807) is 12.5 Å². The van der Waals surface area contributed by atoms with Crippen molar-refractivity contribution in [2.45, 2.75) is 53.0 Å². The molecule has 0 bridgehead atoms.